The van der Waals surface area contributed by atoms with E-state index >= 15 is 0 Å². The van der Waals surface area contributed by atoms with Gasteiger partial charge in [0.15, 0.2) is 0 Å². The molecule has 0 aromatic heterocycles. The summed E-state index contributed by atoms with van der Waals surface area (Å²) in [5.41, 5.74) is 7.49. The van der Waals surface area contributed by atoms with Crippen LogP contribution in [-0.2, 0) is 46.7 Å². The Balaban J connectivity index is 1.23. The fourth-order valence-corrected chi connectivity index (χ4v) is 7.30. The second-order valence-electron chi connectivity index (χ2n) is 14.2. The number of carbonyl (C=O) groups excluding carboxylic acids is 3. The van der Waals surface area contributed by atoms with Crippen LogP contribution in [0.5, 0.6) is 0 Å². The molecular weight excluding hydrogens is 652 g/mol. The van der Waals surface area contributed by atoms with E-state index < -0.39 is 18.1 Å². The van der Waals surface area contributed by atoms with Crippen LogP contribution in [0.4, 0.5) is 5.69 Å². The number of fused-ring (bicyclic) bond motifs is 2. The lowest BCUT2D eigenvalue weighted by atomic mass is 9.87. The number of hydrogen-bond acceptors (Lipinski definition) is 5. The Bertz CT molecular complexity index is 1910. The van der Waals surface area contributed by atoms with Crippen LogP contribution >= 0.6 is 0 Å². The van der Waals surface area contributed by atoms with Gasteiger partial charge in [-0.1, -0.05) is 86.6 Å². The molecular formula is C43H48N4O5. The summed E-state index contributed by atoms with van der Waals surface area (Å²) in [7, 11) is 1.96. The Labute approximate surface area is 306 Å². The van der Waals surface area contributed by atoms with Crippen LogP contribution in [0.2, 0.25) is 0 Å². The summed E-state index contributed by atoms with van der Waals surface area (Å²) in [5.74, 6) is -1.88. The topological polar surface area (TPSA) is 119 Å². The molecule has 4 aromatic rings. The Morgan fingerprint density at radius 2 is 1.52 bits per heavy atom. The predicted octanol–water partition coefficient (Wildman–Crippen LogP) is 6.24. The van der Waals surface area contributed by atoms with E-state index in [0.29, 0.717) is 19.4 Å². The van der Waals surface area contributed by atoms with Gasteiger partial charge in [-0.25, -0.2) is 4.79 Å². The van der Waals surface area contributed by atoms with Crippen molar-refractivity contribution in [3.63, 3.8) is 0 Å². The molecule has 0 saturated carbocycles. The Morgan fingerprint density at radius 3 is 2.21 bits per heavy atom. The number of carbonyl (C=O) groups is 4. The van der Waals surface area contributed by atoms with Crippen LogP contribution in [-0.4, -0.2) is 52.8 Å². The number of amides is 3. The third-order valence-electron chi connectivity index (χ3n) is 10.6. The van der Waals surface area contributed by atoms with Crippen LogP contribution in [0, 0.1) is 5.92 Å². The van der Waals surface area contributed by atoms with E-state index in [1.807, 2.05) is 93.7 Å². The summed E-state index contributed by atoms with van der Waals surface area (Å²) < 4.78 is 0. The molecule has 2 unspecified atom stereocenters. The molecule has 9 heteroatoms. The molecule has 0 radical (unpaired) electrons. The first-order chi connectivity index (χ1) is 25.1. The molecule has 2 aliphatic rings. The van der Waals surface area contributed by atoms with Gasteiger partial charge in [0.2, 0.25) is 17.7 Å². The predicted molar refractivity (Wildman–Crippen MR) is 202 cm³/mol. The number of benzene rings is 4. The van der Waals surface area contributed by atoms with Crippen molar-refractivity contribution in [3.05, 3.63) is 136 Å². The maximum atomic E-state index is 14.7. The lowest BCUT2D eigenvalue weighted by Gasteiger charge is -2.39. The van der Waals surface area contributed by atoms with Crippen molar-refractivity contribution in [2.75, 3.05) is 11.9 Å². The number of nitrogens with one attached hydrogen (secondary N) is 2. The van der Waals surface area contributed by atoms with E-state index in [1.54, 1.807) is 17.0 Å². The largest absolute Gasteiger partial charge is 0.478 e. The van der Waals surface area contributed by atoms with Gasteiger partial charge < -0.3 is 25.5 Å². The minimum absolute atomic E-state index is 0.117. The van der Waals surface area contributed by atoms with Crippen molar-refractivity contribution in [2.24, 2.45) is 5.92 Å². The molecule has 0 spiro atoms. The Morgan fingerprint density at radius 1 is 0.865 bits per heavy atom. The van der Waals surface area contributed by atoms with Crippen LogP contribution in [0.15, 0.2) is 97.1 Å². The van der Waals surface area contributed by atoms with Crippen LogP contribution in [0.1, 0.15) is 82.9 Å². The first-order valence-electron chi connectivity index (χ1n) is 18.3. The zero-order valence-corrected chi connectivity index (χ0v) is 30.2. The van der Waals surface area contributed by atoms with E-state index in [-0.39, 0.29) is 48.2 Å². The zero-order chi connectivity index (χ0) is 36.8. The molecule has 1 aliphatic carbocycles. The lowest BCUT2D eigenvalue weighted by molar-refractivity contribution is -0.145. The normalized spacial score (nSPS) is 17.6. The number of anilines is 1. The van der Waals surface area contributed by atoms with Crippen molar-refractivity contribution in [3.8, 4) is 0 Å². The van der Waals surface area contributed by atoms with Gasteiger partial charge in [-0.05, 0) is 83.3 Å². The van der Waals surface area contributed by atoms with Crippen molar-refractivity contribution < 1.29 is 24.3 Å². The fourth-order valence-electron chi connectivity index (χ4n) is 7.30. The highest BCUT2D eigenvalue weighted by Crippen LogP contribution is 2.31. The van der Waals surface area contributed by atoms with Crippen molar-refractivity contribution in [2.45, 2.75) is 83.6 Å². The van der Waals surface area contributed by atoms with E-state index in [0.717, 1.165) is 52.8 Å². The highest BCUT2D eigenvalue weighted by Gasteiger charge is 2.39. The average molecular weight is 701 g/mol. The molecule has 9 nitrogen and oxygen atoms in total. The summed E-state index contributed by atoms with van der Waals surface area (Å²) in [4.78, 5) is 57.2. The second-order valence-corrected chi connectivity index (χ2v) is 14.2. The molecule has 4 atom stereocenters. The smallest absolute Gasteiger partial charge is 0.335 e. The molecule has 4 aromatic carbocycles. The van der Waals surface area contributed by atoms with E-state index in [1.165, 1.54) is 5.56 Å². The Hall–Kier alpha value is -5.44. The van der Waals surface area contributed by atoms with Crippen LogP contribution in [0.3, 0.4) is 0 Å². The monoisotopic (exact) mass is 700 g/mol. The molecule has 0 saturated heterocycles. The van der Waals surface area contributed by atoms with E-state index in [2.05, 4.69) is 27.7 Å². The van der Waals surface area contributed by atoms with Crippen LogP contribution in [0.25, 0.3) is 0 Å². The number of hydrogen-bond donors (Lipinski definition) is 3. The standard InChI is InChI=1S/C43H48N4O5/c1-4-28(2)40(48)45-38(24-29-18-22-35(23-19-29)46(3)26-30-16-20-32(21-17-30)43(51)52)42(50)47-27-34-12-6-5-11-33(34)25-39(47)41(49)44-37-15-9-13-31-10-7-8-14-36(31)37/h5-8,10-12,14,16-23,28,37-39H,4,9,13,15,24-27H2,1-3H3,(H,44,49)(H,45,48)(H,51,52)/t28-,37?,38?,39+/m1/s1. The second kappa shape index (κ2) is 16.3. The molecule has 1 heterocycles. The summed E-state index contributed by atoms with van der Waals surface area (Å²) in [6.07, 6.45) is 4.11. The van der Waals surface area contributed by atoms with Gasteiger partial charge >= 0.3 is 5.97 Å². The van der Waals surface area contributed by atoms with Crippen molar-refractivity contribution in [1.29, 1.82) is 0 Å². The van der Waals surface area contributed by atoms with E-state index in [9.17, 15) is 24.3 Å². The molecule has 270 valence electrons. The van der Waals surface area contributed by atoms with Gasteiger partial charge in [-0.15, -0.1) is 0 Å². The van der Waals surface area contributed by atoms with Gasteiger partial charge in [0.05, 0.1) is 11.6 Å². The molecule has 1 aliphatic heterocycles. The van der Waals surface area contributed by atoms with Gasteiger partial charge in [0.1, 0.15) is 12.1 Å². The number of carboxylic acid groups (broad SMARTS) is 1. The zero-order valence-electron chi connectivity index (χ0n) is 30.2. The summed E-state index contributed by atoms with van der Waals surface area (Å²) >= 11 is 0. The summed E-state index contributed by atoms with van der Waals surface area (Å²) in [5, 5.41) is 15.6. The molecule has 6 rings (SSSR count). The van der Waals surface area contributed by atoms with E-state index in [4.69, 9.17) is 0 Å². The third-order valence-corrected chi connectivity index (χ3v) is 10.6. The molecule has 3 amide bonds. The van der Waals surface area contributed by atoms with Crippen molar-refractivity contribution >= 4 is 29.4 Å². The number of rotatable bonds is 12. The maximum absolute atomic E-state index is 14.7. The number of carboxylic acids is 1. The van der Waals surface area contributed by atoms with Gasteiger partial charge in [-0.2, -0.15) is 0 Å². The maximum Gasteiger partial charge on any atom is 0.335 e. The first kappa shape index (κ1) is 36.4. The molecule has 3 N–H and O–H groups in total. The average Bonchev–Trinajstić information content (AvgIpc) is 3.17. The number of aromatic carboxylic acids is 1. The van der Waals surface area contributed by atoms with Gasteiger partial charge in [-0.3, -0.25) is 14.4 Å². The number of nitrogens with zero attached hydrogens (tertiary/aromatic N) is 2. The SMILES string of the molecule is CC[C@@H](C)C(=O)NC(Cc1ccc(N(C)Cc2ccc(C(=O)O)cc2)cc1)C(=O)N1Cc2ccccc2C[C@H]1C(=O)NC1CCCc2ccccc21. The Kier molecular flexibility index (Phi) is 11.4. The quantitative estimate of drug-likeness (QED) is 0.161. The van der Waals surface area contributed by atoms with Gasteiger partial charge in [0, 0.05) is 44.6 Å². The minimum Gasteiger partial charge on any atom is -0.478 e. The first-order valence-corrected chi connectivity index (χ1v) is 18.3. The minimum atomic E-state index is -0.956. The van der Waals surface area contributed by atoms with Crippen molar-refractivity contribution in [1.82, 2.24) is 15.5 Å². The molecule has 0 fully saturated rings. The fraction of sp³-hybridized carbons (Fsp3) is 0.349. The lowest BCUT2D eigenvalue weighted by Crippen LogP contribution is -2.58. The van der Waals surface area contributed by atoms with Gasteiger partial charge in [0.25, 0.3) is 0 Å². The highest BCUT2D eigenvalue weighted by atomic mass is 16.4. The number of aryl methyl sites for hydroxylation is 1. The molecule has 52 heavy (non-hydrogen) atoms. The summed E-state index contributed by atoms with van der Waals surface area (Å²) in [6, 6.07) is 29.2. The molecule has 0 bridgehead atoms. The highest BCUT2D eigenvalue weighted by molar-refractivity contribution is 5.93. The van der Waals surface area contributed by atoms with Crippen LogP contribution < -0.4 is 15.5 Å². The summed E-state index contributed by atoms with van der Waals surface area (Å²) in [6.45, 7) is 4.66. The third kappa shape index (κ3) is 8.36.